The van der Waals surface area contributed by atoms with Gasteiger partial charge >= 0.3 is 0 Å². The summed E-state index contributed by atoms with van der Waals surface area (Å²) in [5.41, 5.74) is 9.09. The molecule has 0 saturated carbocycles. The number of fused-ring (bicyclic) bond motifs is 8. The van der Waals surface area contributed by atoms with Crippen LogP contribution in [-0.2, 0) is 0 Å². The van der Waals surface area contributed by atoms with Gasteiger partial charge in [-0.2, -0.15) is 0 Å². The van der Waals surface area contributed by atoms with E-state index in [9.17, 15) is 0 Å². The van der Waals surface area contributed by atoms with Gasteiger partial charge < -0.3 is 14.9 Å². The molecule has 5 nitrogen and oxygen atoms in total. The molecule has 0 saturated heterocycles. The Morgan fingerprint density at radius 1 is 0.767 bits per heavy atom. The Bertz CT molecular complexity index is 1420. The van der Waals surface area contributed by atoms with Crippen LogP contribution in [0.2, 0.25) is 0 Å². The monoisotopic (exact) mass is 409 g/mol. The van der Waals surface area contributed by atoms with Gasteiger partial charge in [-0.15, -0.1) is 11.8 Å². The van der Waals surface area contributed by atoms with Crippen molar-refractivity contribution in [2.24, 2.45) is 0 Å². The molecule has 0 aliphatic carbocycles. The number of nitrogens with zero attached hydrogens (tertiary/aromatic N) is 3. The Kier molecular flexibility index (Phi) is 3.92. The topological polar surface area (TPSA) is 60.6 Å². The molecule has 0 spiro atoms. The lowest BCUT2D eigenvalue weighted by atomic mass is 10.2. The smallest absolute Gasteiger partial charge is 0.0678 e. The SMILES string of the molecule is CN1C=C(c2cc3cc4ccc(cc5nc(cc6nc(cc2[nH]3)C=C6)C=C5)[nH]4)SC1. The lowest BCUT2D eigenvalue weighted by Crippen LogP contribution is -2.02. The van der Waals surface area contributed by atoms with Crippen molar-refractivity contribution in [2.75, 3.05) is 12.9 Å². The average molecular weight is 410 g/mol. The Balaban J connectivity index is 1.66. The number of hydrogen-bond donors (Lipinski definition) is 2. The van der Waals surface area contributed by atoms with E-state index in [0.29, 0.717) is 0 Å². The minimum Gasteiger partial charge on any atom is -0.370 e. The zero-order valence-electron chi connectivity index (χ0n) is 16.4. The first-order valence-corrected chi connectivity index (χ1v) is 10.8. The van der Waals surface area contributed by atoms with Gasteiger partial charge in [0.2, 0.25) is 0 Å². The summed E-state index contributed by atoms with van der Waals surface area (Å²) in [4.78, 5) is 20.0. The van der Waals surface area contributed by atoms with Crippen molar-refractivity contribution in [3.8, 4) is 0 Å². The van der Waals surface area contributed by atoms with Gasteiger partial charge in [-0.1, -0.05) is 0 Å². The van der Waals surface area contributed by atoms with Crippen molar-refractivity contribution >= 4 is 63.0 Å². The molecular weight excluding hydrogens is 390 g/mol. The number of H-pyrrole nitrogens is 2. The van der Waals surface area contributed by atoms with E-state index < -0.39 is 0 Å². The van der Waals surface area contributed by atoms with Crippen molar-refractivity contribution in [2.45, 2.75) is 0 Å². The third-order valence-electron chi connectivity index (χ3n) is 5.20. The van der Waals surface area contributed by atoms with Crippen molar-refractivity contribution in [1.82, 2.24) is 24.8 Å². The van der Waals surface area contributed by atoms with Crippen LogP contribution in [0.15, 0.2) is 48.7 Å². The van der Waals surface area contributed by atoms with Gasteiger partial charge in [0, 0.05) is 45.8 Å². The molecule has 0 amide bonds. The predicted octanol–water partition coefficient (Wildman–Crippen LogP) is 5.59. The summed E-state index contributed by atoms with van der Waals surface area (Å²) in [5, 5.41) is 0. The van der Waals surface area contributed by atoms with Crippen LogP contribution in [0.25, 0.3) is 51.3 Å². The molecular formula is C24H19N5S. The predicted molar refractivity (Wildman–Crippen MR) is 127 cm³/mol. The molecule has 3 aromatic rings. The van der Waals surface area contributed by atoms with Gasteiger partial charge in [0.05, 0.1) is 28.7 Å². The summed E-state index contributed by atoms with van der Waals surface area (Å²) in [6, 6.07) is 14.7. The van der Waals surface area contributed by atoms with Gasteiger partial charge in [-0.3, -0.25) is 0 Å². The van der Waals surface area contributed by atoms with Crippen LogP contribution in [0.1, 0.15) is 28.3 Å². The standard InChI is InChI=1S/C24H19N5S/c1-29-13-24(30-14-29)22-11-21-10-19-5-4-17(26-19)8-15-2-3-16(25-15)9-18-6-7-20(27-18)12-23(22)28-21/h2-13,26,28H,14H2,1H3. The quantitative estimate of drug-likeness (QED) is 0.379. The highest BCUT2D eigenvalue weighted by Crippen LogP contribution is 2.36. The van der Waals surface area contributed by atoms with Crippen molar-refractivity contribution < 1.29 is 0 Å². The lowest BCUT2D eigenvalue weighted by molar-refractivity contribution is 0.553. The summed E-state index contributed by atoms with van der Waals surface area (Å²) in [6.45, 7) is 0. The average Bonchev–Trinajstić information content (AvgIpc) is 3.51. The van der Waals surface area contributed by atoms with E-state index in [0.717, 1.165) is 50.7 Å². The highest BCUT2D eigenvalue weighted by Gasteiger charge is 2.15. The molecule has 6 heteroatoms. The molecule has 0 fully saturated rings. The zero-order chi connectivity index (χ0) is 20.1. The van der Waals surface area contributed by atoms with E-state index in [1.807, 2.05) is 42.1 Å². The molecule has 6 rings (SSSR count). The Labute approximate surface area is 177 Å². The first-order chi connectivity index (χ1) is 14.7. The zero-order valence-corrected chi connectivity index (χ0v) is 17.2. The summed E-state index contributed by atoms with van der Waals surface area (Å²) in [5.74, 6) is 0.969. The third kappa shape index (κ3) is 3.25. The maximum absolute atomic E-state index is 4.77. The van der Waals surface area contributed by atoms with E-state index in [1.165, 1.54) is 10.5 Å². The Hall–Kier alpha value is -3.51. The van der Waals surface area contributed by atoms with Crippen molar-refractivity contribution in [1.29, 1.82) is 0 Å². The summed E-state index contributed by atoms with van der Waals surface area (Å²) >= 11 is 1.85. The molecule has 0 aromatic carbocycles. The van der Waals surface area contributed by atoms with E-state index in [4.69, 9.17) is 4.98 Å². The maximum Gasteiger partial charge on any atom is 0.0678 e. The van der Waals surface area contributed by atoms with Crippen LogP contribution < -0.4 is 0 Å². The second-order valence-corrected chi connectivity index (χ2v) is 8.60. The number of aromatic amines is 2. The first kappa shape index (κ1) is 17.4. The fourth-order valence-electron chi connectivity index (χ4n) is 3.82. The lowest BCUT2D eigenvalue weighted by Gasteiger charge is -2.01. The van der Waals surface area contributed by atoms with Gasteiger partial charge in [-0.25, -0.2) is 9.97 Å². The number of aromatic nitrogens is 4. The van der Waals surface area contributed by atoms with Gasteiger partial charge in [0.15, 0.2) is 0 Å². The van der Waals surface area contributed by atoms with E-state index in [2.05, 4.69) is 69.5 Å². The van der Waals surface area contributed by atoms with Crippen molar-refractivity contribution in [3.63, 3.8) is 0 Å². The number of rotatable bonds is 1. The van der Waals surface area contributed by atoms with E-state index in [1.54, 1.807) is 0 Å². The number of thioether (sulfide) groups is 1. The molecule has 8 bridgehead atoms. The van der Waals surface area contributed by atoms with Crippen LogP contribution in [0.4, 0.5) is 0 Å². The molecule has 3 aliphatic rings. The maximum atomic E-state index is 4.77. The minimum absolute atomic E-state index is 0.911. The van der Waals surface area contributed by atoms with Crippen LogP contribution in [0.5, 0.6) is 0 Å². The van der Waals surface area contributed by atoms with Gasteiger partial charge in [-0.05, 0) is 66.8 Å². The first-order valence-electron chi connectivity index (χ1n) is 9.82. The van der Waals surface area contributed by atoms with Crippen LogP contribution in [-0.4, -0.2) is 37.8 Å². The summed E-state index contributed by atoms with van der Waals surface area (Å²) < 4.78 is 0. The molecule has 0 unspecified atom stereocenters. The molecule has 0 radical (unpaired) electrons. The second kappa shape index (κ2) is 6.78. The van der Waals surface area contributed by atoms with Crippen LogP contribution in [0, 0.1) is 0 Å². The highest BCUT2D eigenvalue weighted by molar-refractivity contribution is 8.08. The van der Waals surface area contributed by atoms with Crippen LogP contribution >= 0.6 is 11.8 Å². The molecule has 3 aliphatic heterocycles. The van der Waals surface area contributed by atoms with Gasteiger partial charge in [0.1, 0.15) is 0 Å². The fraction of sp³-hybridized carbons (Fsp3) is 0.0833. The molecule has 0 atom stereocenters. The highest BCUT2D eigenvalue weighted by atomic mass is 32.2. The van der Waals surface area contributed by atoms with E-state index in [-0.39, 0.29) is 0 Å². The van der Waals surface area contributed by atoms with E-state index >= 15 is 0 Å². The molecule has 30 heavy (non-hydrogen) atoms. The van der Waals surface area contributed by atoms with Crippen LogP contribution in [0.3, 0.4) is 0 Å². The summed E-state index contributed by atoms with van der Waals surface area (Å²) in [6.07, 6.45) is 10.3. The number of hydrogen-bond acceptors (Lipinski definition) is 4. The summed E-state index contributed by atoms with van der Waals surface area (Å²) in [7, 11) is 2.10. The molecule has 146 valence electrons. The molecule has 2 N–H and O–H groups in total. The largest absolute Gasteiger partial charge is 0.370 e. The Morgan fingerprint density at radius 3 is 2.13 bits per heavy atom. The molecule has 6 heterocycles. The third-order valence-corrected chi connectivity index (χ3v) is 6.37. The minimum atomic E-state index is 0.911. The number of nitrogens with one attached hydrogen (secondary N) is 2. The normalized spacial score (nSPS) is 15.1. The fourth-order valence-corrected chi connectivity index (χ4v) is 4.81. The second-order valence-electron chi connectivity index (χ2n) is 7.61. The molecule has 3 aromatic heterocycles. The van der Waals surface area contributed by atoms with Gasteiger partial charge in [0.25, 0.3) is 0 Å². The Morgan fingerprint density at radius 2 is 1.43 bits per heavy atom. The van der Waals surface area contributed by atoms with Crippen molar-refractivity contribution in [3.05, 3.63) is 77.0 Å².